The number of carbonyl (C=O) groups is 2. The van der Waals surface area contributed by atoms with Crippen molar-refractivity contribution in [2.45, 2.75) is 6.92 Å². The minimum Gasteiger partial charge on any atom is -0.483 e. The number of nitrogens with one attached hydrogen (secondary N) is 2. The molecule has 0 aliphatic heterocycles. The van der Waals surface area contributed by atoms with Gasteiger partial charge in [0.05, 0.1) is 5.02 Å². The summed E-state index contributed by atoms with van der Waals surface area (Å²) in [6, 6.07) is 17.6. The molecule has 0 saturated heterocycles. The molecule has 0 spiro atoms. The number of benzene rings is 2. The van der Waals surface area contributed by atoms with Crippen LogP contribution in [0.2, 0.25) is 5.02 Å². The lowest BCUT2D eigenvalue weighted by molar-refractivity contribution is -0.123. The highest BCUT2D eigenvalue weighted by molar-refractivity contribution is 6.33. The number of amides is 2. The molecule has 3 rings (SSSR count). The van der Waals surface area contributed by atoms with Crippen LogP contribution in [0, 0.1) is 6.92 Å². The third-order valence-electron chi connectivity index (χ3n) is 3.74. The first-order chi connectivity index (χ1) is 13.0. The Kier molecular flexibility index (Phi) is 5.78. The number of hydrogen-bond donors (Lipinski definition) is 2. The average molecular weight is 385 g/mol. The van der Waals surface area contributed by atoms with Gasteiger partial charge in [0, 0.05) is 5.56 Å². The van der Waals surface area contributed by atoms with Crippen molar-refractivity contribution in [3.8, 4) is 17.1 Å². The molecule has 0 bridgehead atoms. The van der Waals surface area contributed by atoms with E-state index in [-0.39, 0.29) is 12.4 Å². The fraction of sp³-hybridized carbons (Fsp3) is 0.100. The molecule has 2 aromatic carbocycles. The van der Waals surface area contributed by atoms with Gasteiger partial charge in [0.25, 0.3) is 5.91 Å². The Morgan fingerprint density at radius 1 is 1.00 bits per heavy atom. The maximum absolute atomic E-state index is 12.1. The number of furan rings is 1. The molecular formula is C20H17ClN2O4. The molecule has 2 N–H and O–H groups in total. The fourth-order valence-corrected chi connectivity index (χ4v) is 2.58. The van der Waals surface area contributed by atoms with Gasteiger partial charge in [-0.2, -0.15) is 0 Å². The summed E-state index contributed by atoms with van der Waals surface area (Å²) in [6.45, 7) is 1.65. The van der Waals surface area contributed by atoms with Crippen LogP contribution >= 0.6 is 11.6 Å². The summed E-state index contributed by atoms with van der Waals surface area (Å²) in [7, 11) is 0. The molecule has 0 fully saturated rings. The van der Waals surface area contributed by atoms with Gasteiger partial charge in [0.2, 0.25) is 0 Å². The summed E-state index contributed by atoms with van der Waals surface area (Å²) < 4.78 is 10.9. The standard InChI is InChI=1S/C20H17ClN2O4/c1-13-6-2-5-9-16(13)26-12-19(24)22-23-20(25)18-11-10-17(27-18)14-7-3-4-8-15(14)21/h2-11H,12H2,1H3,(H,22,24)(H,23,25). The van der Waals surface area contributed by atoms with E-state index in [9.17, 15) is 9.59 Å². The summed E-state index contributed by atoms with van der Waals surface area (Å²) in [5.74, 6) is 0.0291. The van der Waals surface area contributed by atoms with Crippen LogP contribution < -0.4 is 15.6 Å². The van der Waals surface area contributed by atoms with Gasteiger partial charge in [-0.1, -0.05) is 41.9 Å². The molecule has 138 valence electrons. The highest BCUT2D eigenvalue weighted by atomic mass is 35.5. The van der Waals surface area contributed by atoms with Crippen LogP contribution in [0.3, 0.4) is 0 Å². The topological polar surface area (TPSA) is 80.6 Å². The van der Waals surface area contributed by atoms with Crippen LogP contribution in [-0.4, -0.2) is 18.4 Å². The van der Waals surface area contributed by atoms with Gasteiger partial charge in [0.15, 0.2) is 12.4 Å². The van der Waals surface area contributed by atoms with Crippen LogP contribution in [0.1, 0.15) is 16.1 Å². The van der Waals surface area contributed by atoms with E-state index in [1.165, 1.54) is 6.07 Å². The van der Waals surface area contributed by atoms with Crippen molar-refractivity contribution in [2.24, 2.45) is 0 Å². The zero-order chi connectivity index (χ0) is 19.2. The summed E-state index contributed by atoms with van der Waals surface area (Å²) in [4.78, 5) is 23.9. The predicted molar refractivity (Wildman–Crippen MR) is 101 cm³/mol. The van der Waals surface area contributed by atoms with Crippen molar-refractivity contribution in [1.29, 1.82) is 0 Å². The van der Waals surface area contributed by atoms with Gasteiger partial charge >= 0.3 is 5.91 Å². The minimum absolute atomic E-state index is 0.0463. The summed E-state index contributed by atoms with van der Waals surface area (Å²) >= 11 is 6.12. The van der Waals surface area contributed by atoms with Crippen LogP contribution in [-0.2, 0) is 4.79 Å². The molecular weight excluding hydrogens is 368 g/mol. The zero-order valence-corrected chi connectivity index (χ0v) is 15.2. The average Bonchev–Trinajstić information content (AvgIpc) is 3.16. The van der Waals surface area contributed by atoms with Crippen molar-refractivity contribution in [3.63, 3.8) is 0 Å². The maximum atomic E-state index is 12.1. The Morgan fingerprint density at radius 3 is 2.52 bits per heavy atom. The summed E-state index contributed by atoms with van der Waals surface area (Å²) in [5.41, 5.74) is 6.15. The molecule has 1 aromatic heterocycles. The Labute approximate surface area is 161 Å². The van der Waals surface area contributed by atoms with E-state index in [0.29, 0.717) is 22.1 Å². The number of hydrogen-bond acceptors (Lipinski definition) is 4. The second kappa shape index (κ2) is 8.42. The SMILES string of the molecule is Cc1ccccc1OCC(=O)NNC(=O)c1ccc(-c2ccccc2Cl)o1. The van der Waals surface area contributed by atoms with Crippen molar-refractivity contribution in [2.75, 3.05) is 6.61 Å². The monoisotopic (exact) mass is 384 g/mol. The molecule has 3 aromatic rings. The molecule has 0 unspecified atom stereocenters. The van der Waals surface area contributed by atoms with E-state index in [1.807, 2.05) is 31.2 Å². The van der Waals surface area contributed by atoms with Gasteiger partial charge in [-0.05, 0) is 42.8 Å². The molecule has 0 saturated carbocycles. The van der Waals surface area contributed by atoms with Crippen molar-refractivity contribution in [3.05, 3.63) is 77.0 Å². The second-order valence-corrected chi connectivity index (χ2v) is 6.11. The van der Waals surface area contributed by atoms with Crippen LogP contribution in [0.25, 0.3) is 11.3 Å². The fourth-order valence-electron chi connectivity index (χ4n) is 2.35. The molecule has 27 heavy (non-hydrogen) atoms. The highest BCUT2D eigenvalue weighted by Crippen LogP contribution is 2.28. The van der Waals surface area contributed by atoms with Crippen LogP contribution in [0.5, 0.6) is 5.75 Å². The van der Waals surface area contributed by atoms with E-state index in [0.717, 1.165) is 5.56 Å². The number of aryl methyl sites for hydroxylation is 1. The smallest absolute Gasteiger partial charge is 0.305 e. The van der Waals surface area contributed by atoms with Crippen LogP contribution in [0.15, 0.2) is 65.1 Å². The van der Waals surface area contributed by atoms with Gasteiger partial charge in [-0.25, -0.2) is 0 Å². The Morgan fingerprint density at radius 2 is 1.74 bits per heavy atom. The molecule has 0 radical (unpaired) electrons. The van der Waals surface area contributed by atoms with Crippen molar-refractivity contribution < 1.29 is 18.7 Å². The number of para-hydroxylation sites is 1. The summed E-state index contributed by atoms with van der Waals surface area (Å²) in [6.07, 6.45) is 0. The van der Waals surface area contributed by atoms with Crippen molar-refractivity contribution >= 4 is 23.4 Å². The Balaban J connectivity index is 1.53. The molecule has 1 heterocycles. The number of hydrazine groups is 1. The molecule has 2 amide bonds. The van der Waals surface area contributed by atoms with Gasteiger partial charge < -0.3 is 9.15 Å². The first-order valence-electron chi connectivity index (χ1n) is 8.17. The minimum atomic E-state index is -0.586. The Hall–Kier alpha value is -3.25. The zero-order valence-electron chi connectivity index (χ0n) is 14.5. The molecule has 0 aliphatic rings. The maximum Gasteiger partial charge on any atom is 0.305 e. The first kappa shape index (κ1) is 18.5. The number of carbonyl (C=O) groups excluding carboxylic acids is 2. The largest absolute Gasteiger partial charge is 0.483 e. The Bertz CT molecular complexity index is 968. The lowest BCUT2D eigenvalue weighted by Crippen LogP contribution is -2.43. The van der Waals surface area contributed by atoms with E-state index in [2.05, 4.69) is 10.9 Å². The first-order valence-corrected chi connectivity index (χ1v) is 8.55. The molecule has 0 atom stereocenters. The lowest BCUT2D eigenvalue weighted by atomic mass is 10.2. The second-order valence-electron chi connectivity index (χ2n) is 5.70. The van der Waals surface area contributed by atoms with E-state index in [1.54, 1.807) is 30.3 Å². The molecule has 7 heteroatoms. The molecule has 6 nitrogen and oxygen atoms in total. The number of halogens is 1. The highest BCUT2D eigenvalue weighted by Gasteiger charge is 2.14. The lowest BCUT2D eigenvalue weighted by Gasteiger charge is -2.09. The quantitative estimate of drug-likeness (QED) is 0.656. The van der Waals surface area contributed by atoms with Gasteiger partial charge in [-0.3, -0.25) is 20.4 Å². The predicted octanol–water partition coefficient (Wildman–Crippen LogP) is 3.75. The normalized spacial score (nSPS) is 10.3. The molecule has 0 aliphatic carbocycles. The third-order valence-corrected chi connectivity index (χ3v) is 4.07. The van der Waals surface area contributed by atoms with Crippen LogP contribution in [0.4, 0.5) is 0 Å². The van der Waals surface area contributed by atoms with E-state index >= 15 is 0 Å². The summed E-state index contributed by atoms with van der Waals surface area (Å²) in [5, 5.41) is 0.514. The van der Waals surface area contributed by atoms with Crippen molar-refractivity contribution in [1.82, 2.24) is 10.9 Å². The number of ether oxygens (including phenoxy) is 1. The van der Waals surface area contributed by atoms with E-state index < -0.39 is 11.8 Å². The van der Waals surface area contributed by atoms with Gasteiger partial charge in [-0.15, -0.1) is 0 Å². The van der Waals surface area contributed by atoms with Gasteiger partial charge in [0.1, 0.15) is 11.5 Å². The third kappa shape index (κ3) is 4.68. The number of rotatable bonds is 5. The van der Waals surface area contributed by atoms with E-state index in [4.69, 9.17) is 20.8 Å².